The number of carbonyl (C=O) groups excluding carboxylic acids is 1. The highest BCUT2D eigenvalue weighted by atomic mass is 16.5. The van der Waals surface area contributed by atoms with Gasteiger partial charge in [0.1, 0.15) is 6.61 Å². The van der Waals surface area contributed by atoms with Crippen LogP contribution in [-0.4, -0.2) is 30.5 Å². The Morgan fingerprint density at radius 3 is 3.00 bits per heavy atom. The van der Waals surface area contributed by atoms with Gasteiger partial charge in [-0.25, -0.2) is 4.79 Å². The Morgan fingerprint density at radius 1 is 1.91 bits per heavy atom. The molecule has 0 saturated carbocycles. The lowest BCUT2D eigenvalue weighted by Crippen LogP contribution is -2.35. The van der Waals surface area contributed by atoms with Gasteiger partial charge in [-0.2, -0.15) is 0 Å². The van der Waals surface area contributed by atoms with E-state index < -0.39 is 6.09 Å². The number of rotatable bonds is 4. The van der Waals surface area contributed by atoms with Crippen molar-refractivity contribution in [3.05, 3.63) is 12.7 Å². The molecular weight excluding hydrogens is 146 g/mol. The fourth-order valence-corrected chi connectivity index (χ4v) is 0.423. The molecule has 0 radical (unpaired) electrons. The van der Waals surface area contributed by atoms with Crippen LogP contribution in [0.3, 0.4) is 0 Å². The first-order chi connectivity index (χ1) is 5.20. The van der Waals surface area contributed by atoms with E-state index in [0.717, 1.165) is 0 Å². The van der Waals surface area contributed by atoms with E-state index in [1.807, 2.05) is 0 Å². The highest BCUT2D eigenvalue weighted by Crippen LogP contribution is 1.82. The van der Waals surface area contributed by atoms with Crippen molar-refractivity contribution in [2.45, 2.75) is 13.0 Å². The predicted molar refractivity (Wildman–Crippen MR) is 41.2 cm³/mol. The largest absolute Gasteiger partial charge is 0.445 e. The zero-order chi connectivity index (χ0) is 8.69. The van der Waals surface area contributed by atoms with E-state index in [2.05, 4.69) is 16.6 Å². The van der Waals surface area contributed by atoms with Crippen molar-refractivity contribution in [1.82, 2.24) is 5.32 Å². The predicted octanol–water partition coefficient (Wildman–Crippen LogP) is 0.279. The molecule has 0 fully saturated rings. The molecule has 64 valence electrons. The smallest absolute Gasteiger partial charge is 0.407 e. The third-order valence-corrected chi connectivity index (χ3v) is 0.970. The summed E-state index contributed by atoms with van der Waals surface area (Å²) in [5.74, 6) is 0. The van der Waals surface area contributed by atoms with Gasteiger partial charge in [-0.15, -0.1) is 0 Å². The van der Waals surface area contributed by atoms with Crippen LogP contribution in [0.4, 0.5) is 4.79 Å². The van der Waals surface area contributed by atoms with E-state index in [1.165, 1.54) is 6.08 Å². The Morgan fingerprint density at radius 2 is 2.55 bits per heavy atom. The topological polar surface area (TPSA) is 58.6 Å². The first-order valence-electron chi connectivity index (χ1n) is 3.35. The van der Waals surface area contributed by atoms with E-state index in [0.29, 0.717) is 0 Å². The normalized spacial score (nSPS) is 11.8. The standard InChI is InChI=1S/C7H13NO3/c1-3-4-11-7(10)8-6(2)5-9/h3,6,9H,1,4-5H2,2H3,(H,8,10). The SMILES string of the molecule is C=CCOC(=O)NC(C)CO. The van der Waals surface area contributed by atoms with Crippen molar-refractivity contribution in [1.29, 1.82) is 0 Å². The lowest BCUT2D eigenvalue weighted by molar-refractivity contribution is 0.148. The monoisotopic (exact) mass is 159 g/mol. The number of nitrogens with one attached hydrogen (secondary N) is 1. The number of ether oxygens (including phenoxy) is 1. The molecule has 0 rings (SSSR count). The van der Waals surface area contributed by atoms with E-state index in [1.54, 1.807) is 6.92 Å². The van der Waals surface area contributed by atoms with Crippen molar-refractivity contribution in [3.63, 3.8) is 0 Å². The molecule has 0 aromatic carbocycles. The zero-order valence-electron chi connectivity index (χ0n) is 6.54. The summed E-state index contributed by atoms with van der Waals surface area (Å²) >= 11 is 0. The minimum Gasteiger partial charge on any atom is -0.445 e. The minimum absolute atomic E-state index is 0.0941. The summed E-state index contributed by atoms with van der Waals surface area (Å²) in [7, 11) is 0. The second-order valence-electron chi connectivity index (χ2n) is 2.12. The van der Waals surface area contributed by atoms with E-state index in [9.17, 15) is 4.79 Å². The first-order valence-corrected chi connectivity index (χ1v) is 3.35. The van der Waals surface area contributed by atoms with Crippen LogP contribution in [0.25, 0.3) is 0 Å². The van der Waals surface area contributed by atoms with Crippen LogP contribution in [0.15, 0.2) is 12.7 Å². The fraction of sp³-hybridized carbons (Fsp3) is 0.571. The van der Waals surface area contributed by atoms with Crippen LogP contribution in [0, 0.1) is 0 Å². The van der Waals surface area contributed by atoms with Gasteiger partial charge in [-0.05, 0) is 6.92 Å². The summed E-state index contributed by atoms with van der Waals surface area (Å²) in [6, 6.07) is -0.271. The maximum Gasteiger partial charge on any atom is 0.407 e. The van der Waals surface area contributed by atoms with Gasteiger partial charge >= 0.3 is 6.09 Å². The average molecular weight is 159 g/mol. The average Bonchev–Trinajstić information content (AvgIpc) is 2.00. The molecule has 2 N–H and O–H groups in total. The molecule has 0 aliphatic rings. The molecule has 1 amide bonds. The number of hydrogen-bond donors (Lipinski definition) is 2. The summed E-state index contributed by atoms with van der Waals surface area (Å²) in [5.41, 5.74) is 0. The third kappa shape index (κ3) is 5.42. The second-order valence-corrected chi connectivity index (χ2v) is 2.12. The number of carbonyl (C=O) groups is 1. The van der Waals surface area contributed by atoms with Crippen LogP contribution in [0.1, 0.15) is 6.92 Å². The first kappa shape index (κ1) is 9.97. The van der Waals surface area contributed by atoms with Gasteiger partial charge in [0.15, 0.2) is 0 Å². The Hall–Kier alpha value is -1.03. The second kappa shape index (κ2) is 5.73. The van der Waals surface area contributed by atoms with E-state index in [4.69, 9.17) is 5.11 Å². The molecule has 0 bridgehead atoms. The van der Waals surface area contributed by atoms with Crippen molar-refractivity contribution < 1.29 is 14.6 Å². The molecule has 0 aliphatic heterocycles. The highest BCUT2D eigenvalue weighted by Gasteiger charge is 2.04. The molecule has 0 aliphatic carbocycles. The van der Waals surface area contributed by atoms with Crippen LogP contribution >= 0.6 is 0 Å². The van der Waals surface area contributed by atoms with Gasteiger partial charge in [-0.3, -0.25) is 0 Å². The van der Waals surface area contributed by atoms with Gasteiger partial charge in [-0.1, -0.05) is 12.7 Å². The molecule has 0 spiro atoms. The van der Waals surface area contributed by atoms with Gasteiger partial charge in [0, 0.05) is 0 Å². The fourth-order valence-electron chi connectivity index (χ4n) is 0.423. The quantitative estimate of drug-likeness (QED) is 0.579. The molecule has 0 aromatic heterocycles. The number of alkyl carbamates (subject to hydrolysis) is 1. The maximum absolute atomic E-state index is 10.7. The minimum atomic E-state index is -0.536. The van der Waals surface area contributed by atoms with Gasteiger partial charge in [0.05, 0.1) is 12.6 Å². The molecule has 1 atom stereocenters. The molecule has 1 unspecified atom stereocenters. The molecule has 0 saturated heterocycles. The molecule has 4 heteroatoms. The van der Waals surface area contributed by atoms with E-state index >= 15 is 0 Å². The molecule has 11 heavy (non-hydrogen) atoms. The van der Waals surface area contributed by atoms with Crippen LogP contribution in [0.2, 0.25) is 0 Å². The van der Waals surface area contributed by atoms with Crippen molar-refractivity contribution >= 4 is 6.09 Å². The van der Waals surface area contributed by atoms with Crippen LogP contribution in [0.5, 0.6) is 0 Å². The number of aliphatic hydroxyl groups excluding tert-OH is 1. The van der Waals surface area contributed by atoms with Crippen molar-refractivity contribution in [3.8, 4) is 0 Å². The Bertz CT molecular complexity index is 136. The van der Waals surface area contributed by atoms with Gasteiger partial charge in [0.25, 0.3) is 0 Å². The summed E-state index contributed by atoms with van der Waals surface area (Å²) in [6.45, 7) is 5.14. The Balaban J connectivity index is 3.43. The van der Waals surface area contributed by atoms with Gasteiger partial charge < -0.3 is 15.2 Å². The van der Waals surface area contributed by atoms with Crippen molar-refractivity contribution in [2.75, 3.05) is 13.2 Å². The summed E-state index contributed by atoms with van der Waals surface area (Å²) < 4.78 is 4.58. The lowest BCUT2D eigenvalue weighted by Gasteiger charge is -2.09. The highest BCUT2D eigenvalue weighted by molar-refractivity contribution is 5.67. The number of amides is 1. The number of hydrogen-bond acceptors (Lipinski definition) is 3. The Kier molecular flexibility index (Phi) is 5.20. The molecule has 0 heterocycles. The molecule has 4 nitrogen and oxygen atoms in total. The summed E-state index contributed by atoms with van der Waals surface area (Å²) in [5, 5.41) is 10.9. The third-order valence-electron chi connectivity index (χ3n) is 0.970. The van der Waals surface area contributed by atoms with Crippen LogP contribution in [-0.2, 0) is 4.74 Å². The van der Waals surface area contributed by atoms with E-state index in [-0.39, 0.29) is 19.3 Å². The van der Waals surface area contributed by atoms with Crippen molar-refractivity contribution in [2.24, 2.45) is 0 Å². The molecule has 0 aromatic rings. The summed E-state index contributed by atoms with van der Waals surface area (Å²) in [6.07, 6.45) is 0.940. The molecular formula is C7H13NO3. The Labute approximate surface area is 65.9 Å². The van der Waals surface area contributed by atoms with Gasteiger partial charge in [0.2, 0.25) is 0 Å². The maximum atomic E-state index is 10.7. The van der Waals surface area contributed by atoms with Crippen LogP contribution < -0.4 is 5.32 Å². The number of aliphatic hydroxyl groups is 1. The lowest BCUT2D eigenvalue weighted by atomic mass is 10.4. The zero-order valence-corrected chi connectivity index (χ0v) is 6.54. The summed E-state index contributed by atoms with van der Waals surface area (Å²) in [4.78, 5) is 10.7.